The molecule has 0 spiro atoms. The number of amides is 3. The van der Waals surface area contributed by atoms with Gasteiger partial charge in [-0.2, -0.15) is 0 Å². The van der Waals surface area contributed by atoms with Gasteiger partial charge in [-0.25, -0.2) is 13.6 Å². The average molecular weight is 317 g/mol. The number of nitrogens with zero attached hydrogens (tertiary/aromatic N) is 1. The number of hydrogen-bond donors (Lipinski definition) is 2. The van der Waals surface area contributed by atoms with Gasteiger partial charge in [0.25, 0.3) is 5.91 Å². The third kappa shape index (κ3) is 2.98. The lowest BCUT2D eigenvalue weighted by atomic mass is 10.1. The second kappa shape index (κ2) is 6.04. The lowest BCUT2D eigenvalue weighted by Crippen LogP contribution is -2.27. The fourth-order valence-electron chi connectivity index (χ4n) is 2.35. The van der Waals surface area contributed by atoms with E-state index in [1.807, 2.05) is 0 Å². The van der Waals surface area contributed by atoms with Gasteiger partial charge in [-0.15, -0.1) is 0 Å². The lowest BCUT2D eigenvalue weighted by molar-refractivity contribution is 0.101. The lowest BCUT2D eigenvalue weighted by Gasteiger charge is -2.14. The molecule has 2 aromatic rings. The summed E-state index contributed by atoms with van der Waals surface area (Å²) in [6, 6.07) is 9.48. The van der Waals surface area contributed by atoms with E-state index in [2.05, 4.69) is 10.6 Å². The molecule has 2 aromatic carbocycles. The van der Waals surface area contributed by atoms with Crippen LogP contribution in [0.3, 0.4) is 0 Å². The van der Waals surface area contributed by atoms with Crippen LogP contribution in [0.1, 0.15) is 10.4 Å². The molecule has 5 nitrogen and oxygen atoms in total. The summed E-state index contributed by atoms with van der Waals surface area (Å²) in [5.74, 6) is -2.71. The zero-order valence-electron chi connectivity index (χ0n) is 12.0. The molecule has 0 unspecified atom stereocenters. The van der Waals surface area contributed by atoms with Crippen LogP contribution in [0.5, 0.6) is 0 Å². The maximum Gasteiger partial charge on any atom is 0.321 e. The number of hydrogen-bond acceptors (Lipinski definition) is 2. The van der Waals surface area contributed by atoms with Crippen molar-refractivity contribution in [2.45, 2.75) is 0 Å². The van der Waals surface area contributed by atoms with Crippen LogP contribution < -0.4 is 15.5 Å². The van der Waals surface area contributed by atoms with Gasteiger partial charge in [0, 0.05) is 24.5 Å². The van der Waals surface area contributed by atoms with Crippen LogP contribution in [0.25, 0.3) is 0 Å². The zero-order chi connectivity index (χ0) is 16.4. The minimum absolute atomic E-state index is 0.185. The Kier molecular flexibility index (Phi) is 3.92. The second-order valence-corrected chi connectivity index (χ2v) is 4.98. The Hall–Kier alpha value is -2.96. The smallest absolute Gasteiger partial charge is 0.321 e. The molecule has 3 rings (SSSR count). The summed E-state index contributed by atoms with van der Waals surface area (Å²) < 4.78 is 27.1. The topological polar surface area (TPSA) is 61.4 Å². The van der Waals surface area contributed by atoms with Crippen molar-refractivity contribution < 1.29 is 18.4 Å². The molecule has 0 saturated carbocycles. The van der Waals surface area contributed by atoms with Crippen molar-refractivity contribution in [1.29, 1.82) is 0 Å². The highest BCUT2D eigenvalue weighted by atomic mass is 19.1. The van der Waals surface area contributed by atoms with E-state index in [0.717, 1.165) is 12.1 Å². The maximum absolute atomic E-state index is 13.6. The van der Waals surface area contributed by atoms with Crippen molar-refractivity contribution in [1.82, 2.24) is 5.32 Å². The van der Waals surface area contributed by atoms with Gasteiger partial charge in [0.05, 0.1) is 0 Å². The van der Waals surface area contributed by atoms with Crippen molar-refractivity contribution in [2.75, 3.05) is 23.3 Å². The van der Waals surface area contributed by atoms with E-state index in [4.69, 9.17) is 0 Å². The van der Waals surface area contributed by atoms with Crippen LogP contribution in [0.15, 0.2) is 42.5 Å². The summed E-state index contributed by atoms with van der Waals surface area (Å²) in [4.78, 5) is 25.1. The van der Waals surface area contributed by atoms with E-state index in [0.29, 0.717) is 24.5 Å². The molecule has 1 fully saturated rings. The first kappa shape index (κ1) is 15.0. The first-order chi connectivity index (χ1) is 11.1. The molecule has 0 bridgehead atoms. The molecule has 1 heterocycles. The third-order valence-electron chi connectivity index (χ3n) is 3.48. The molecule has 0 radical (unpaired) electrons. The van der Waals surface area contributed by atoms with Gasteiger partial charge in [-0.3, -0.25) is 9.69 Å². The van der Waals surface area contributed by atoms with Crippen molar-refractivity contribution in [3.63, 3.8) is 0 Å². The van der Waals surface area contributed by atoms with Gasteiger partial charge in [-0.05, 0) is 36.4 Å². The Bertz CT molecular complexity index is 742. The Balaban J connectivity index is 1.76. The summed E-state index contributed by atoms with van der Waals surface area (Å²) in [6.07, 6.45) is 0. The van der Waals surface area contributed by atoms with Crippen molar-refractivity contribution in [2.24, 2.45) is 0 Å². The molecule has 1 aliphatic rings. The van der Waals surface area contributed by atoms with E-state index in [-0.39, 0.29) is 6.03 Å². The van der Waals surface area contributed by atoms with Gasteiger partial charge in [-0.1, -0.05) is 6.07 Å². The highest BCUT2D eigenvalue weighted by molar-refractivity contribution is 6.04. The second-order valence-electron chi connectivity index (χ2n) is 4.98. The molecule has 118 valence electrons. The third-order valence-corrected chi connectivity index (χ3v) is 3.48. The van der Waals surface area contributed by atoms with E-state index in [1.54, 1.807) is 29.2 Å². The maximum atomic E-state index is 13.6. The average Bonchev–Trinajstić information content (AvgIpc) is 2.94. The fraction of sp³-hybridized carbons (Fsp3) is 0.125. The summed E-state index contributed by atoms with van der Waals surface area (Å²) >= 11 is 0. The molecule has 1 aliphatic heterocycles. The first-order valence-corrected chi connectivity index (χ1v) is 6.97. The Morgan fingerprint density at radius 1 is 1.09 bits per heavy atom. The highest BCUT2D eigenvalue weighted by Gasteiger charge is 2.21. The molecule has 23 heavy (non-hydrogen) atoms. The molecular formula is C16H13F2N3O2. The number of anilines is 2. The standard InChI is InChI=1S/C16H13F2N3O2/c17-12-2-1-3-13(18)14(12)15(22)20-10-4-6-11(7-5-10)21-9-8-19-16(21)23/h1-7H,8-9H2,(H,19,23)(H,20,22). The monoisotopic (exact) mass is 317 g/mol. The summed E-state index contributed by atoms with van der Waals surface area (Å²) in [7, 11) is 0. The Morgan fingerprint density at radius 3 is 2.30 bits per heavy atom. The molecule has 3 amide bonds. The quantitative estimate of drug-likeness (QED) is 0.914. The number of urea groups is 1. The van der Waals surface area contributed by atoms with Crippen molar-refractivity contribution >= 4 is 23.3 Å². The Morgan fingerprint density at radius 2 is 1.74 bits per heavy atom. The number of benzene rings is 2. The number of carbonyl (C=O) groups excluding carboxylic acids is 2. The molecule has 2 N–H and O–H groups in total. The highest BCUT2D eigenvalue weighted by Crippen LogP contribution is 2.21. The SMILES string of the molecule is O=C(Nc1ccc(N2CCNC2=O)cc1)c1c(F)cccc1F. The predicted octanol–water partition coefficient (Wildman–Crippen LogP) is 2.75. The minimum atomic E-state index is -0.923. The number of nitrogens with one attached hydrogen (secondary N) is 2. The van der Waals surface area contributed by atoms with E-state index in [9.17, 15) is 18.4 Å². The normalized spacial score (nSPS) is 13.8. The van der Waals surface area contributed by atoms with Crippen LogP contribution in [0.4, 0.5) is 25.0 Å². The van der Waals surface area contributed by atoms with E-state index >= 15 is 0 Å². The van der Waals surface area contributed by atoms with Gasteiger partial charge in [0.1, 0.15) is 17.2 Å². The van der Waals surface area contributed by atoms with Gasteiger partial charge >= 0.3 is 6.03 Å². The van der Waals surface area contributed by atoms with Crippen LogP contribution >= 0.6 is 0 Å². The van der Waals surface area contributed by atoms with Crippen molar-refractivity contribution in [3.8, 4) is 0 Å². The van der Waals surface area contributed by atoms with Crippen LogP contribution in [-0.2, 0) is 0 Å². The zero-order valence-corrected chi connectivity index (χ0v) is 12.0. The van der Waals surface area contributed by atoms with Gasteiger partial charge in [0.15, 0.2) is 0 Å². The summed E-state index contributed by atoms with van der Waals surface area (Å²) in [6.45, 7) is 1.13. The fourth-order valence-corrected chi connectivity index (χ4v) is 2.35. The van der Waals surface area contributed by atoms with E-state index < -0.39 is 23.1 Å². The van der Waals surface area contributed by atoms with Gasteiger partial charge in [0.2, 0.25) is 0 Å². The largest absolute Gasteiger partial charge is 0.336 e. The molecule has 7 heteroatoms. The first-order valence-electron chi connectivity index (χ1n) is 6.97. The minimum Gasteiger partial charge on any atom is -0.336 e. The molecule has 0 atom stereocenters. The van der Waals surface area contributed by atoms with E-state index in [1.165, 1.54) is 6.07 Å². The number of rotatable bonds is 3. The molecular weight excluding hydrogens is 304 g/mol. The van der Waals surface area contributed by atoms with Crippen LogP contribution in [-0.4, -0.2) is 25.0 Å². The summed E-state index contributed by atoms with van der Waals surface area (Å²) in [5.41, 5.74) is 0.423. The Labute approximate surface area is 130 Å². The number of carbonyl (C=O) groups is 2. The summed E-state index contributed by atoms with van der Waals surface area (Å²) in [5, 5.41) is 5.11. The van der Waals surface area contributed by atoms with Crippen LogP contribution in [0.2, 0.25) is 0 Å². The van der Waals surface area contributed by atoms with Crippen LogP contribution in [0, 0.1) is 11.6 Å². The van der Waals surface area contributed by atoms with Gasteiger partial charge < -0.3 is 10.6 Å². The molecule has 1 saturated heterocycles. The molecule has 0 aromatic heterocycles. The predicted molar refractivity (Wildman–Crippen MR) is 81.5 cm³/mol. The van der Waals surface area contributed by atoms with Crippen molar-refractivity contribution in [3.05, 3.63) is 59.7 Å². The molecule has 0 aliphatic carbocycles. The number of halogens is 2.